The van der Waals surface area contributed by atoms with Gasteiger partial charge in [0.1, 0.15) is 6.04 Å². The zero-order valence-electron chi connectivity index (χ0n) is 17.0. The summed E-state index contributed by atoms with van der Waals surface area (Å²) >= 11 is 0. The number of dihydropyridines is 2. The van der Waals surface area contributed by atoms with Gasteiger partial charge in [0.2, 0.25) is 0 Å². The lowest BCUT2D eigenvalue weighted by atomic mass is 9.74. The number of hydrogen-bond acceptors (Lipinski definition) is 2. The molecule has 0 amide bonds. The van der Waals surface area contributed by atoms with E-state index in [9.17, 15) is 0 Å². The molecule has 1 aromatic rings. The van der Waals surface area contributed by atoms with Gasteiger partial charge < -0.3 is 0 Å². The minimum atomic E-state index is 0.0684. The monoisotopic (exact) mass is 378 g/mol. The molecule has 144 valence electrons. The van der Waals surface area contributed by atoms with E-state index in [2.05, 4.69) is 92.8 Å². The van der Waals surface area contributed by atoms with Crippen molar-refractivity contribution in [2.75, 3.05) is 0 Å². The molecule has 0 bridgehead atoms. The van der Waals surface area contributed by atoms with E-state index in [-0.39, 0.29) is 18.0 Å². The van der Waals surface area contributed by atoms with Crippen LogP contribution in [0.4, 0.5) is 0 Å². The molecule has 0 radical (unpaired) electrons. The van der Waals surface area contributed by atoms with E-state index in [1.165, 1.54) is 27.9 Å². The average molecular weight is 379 g/mol. The third kappa shape index (κ3) is 3.33. The topological polar surface area (TPSA) is 24.7 Å². The molecule has 0 saturated carbocycles. The Hall–Kier alpha value is -3.00. The van der Waals surface area contributed by atoms with Gasteiger partial charge in [0, 0.05) is 17.2 Å². The second-order valence-electron chi connectivity index (χ2n) is 8.21. The minimum absolute atomic E-state index is 0.0684. The SMILES string of the molecule is CC1=NC2C3=NC(C)CC(C4=CC=CCC=C4)=C3C=CC2C(c2ccccc2)=C1. The van der Waals surface area contributed by atoms with Crippen LogP contribution in [-0.4, -0.2) is 23.5 Å². The normalized spacial score (nSPS) is 28.0. The van der Waals surface area contributed by atoms with Crippen molar-refractivity contribution >= 4 is 17.0 Å². The summed E-state index contributed by atoms with van der Waals surface area (Å²) in [5, 5.41) is 0. The van der Waals surface area contributed by atoms with Gasteiger partial charge in [0.15, 0.2) is 0 Å². The van der Waals surface area contributed by atoms with Gasteiger partial charge in [-0.1, -0.05) is 72.9 Å². The number of fused-ring (bicyclic) bond motifs is 3. The summed E-state index contributed by atoms with van der Waals surface area (Å²) in [7, 11) is 0. The molecule has 2 nitrogen and oxygen atoms in total. The average Bonchev–Trinajstić information content (AvgIpc) is 3.03. The summed E-state index contributed by atoms with van der Waals surface area (Å²) < 4.78 is 0. The lowest BCUT2D eigenvalue weighted by molar-refractivity contribution is 0.674. The molecule has 29 heavy (non-hydrogen) atoms. The van der Waals surface area contributed by atoms with Crippen LogP contribution in [0, 0.1) is 5.92 Å². The van der Waals surface area contributed by atoms with Gasteiger partial charge in [0.05, 0.1) is 11.8 Å². The molecule has 2 heterocycles. The van der Waals surface area contributed by atoms with E-state index >= 15 is 0 Å². The largest absolute Gasteiger partial charge is 0.283 e. The number of benzene rings is 1. The van der Waals surface area contributed by atoms with Crippen molar-refractivity contribution in [1.29, 1.82) is 0 Å². The second-order valence-corrected chi connectivity index (χ2v) is 8.21. The van der Waals surface area contributed by atoms with E-state index in [1.807, 2.05) is 0 Å². The van der Waals surface area contributed by atoms with Crippen LogP contribution >= 0.6 is 0 Å². The molecular formula is C27H26N2. The van der Waals surface area contributed by atoms with Gasteiger partial charge in [-0.25, -0.2) is 0 Å². The molecule has 2 aliphatic heterocycles. The summed E-state index contributed by atoms with van der Waals surface area (Å²) in [6.07, 6.45) is 20.0. The Morgan fingerprint density at radius 3 is 2.72 bits per heavy atom. The van der Waals surface area contributed by atoms with Crippen molar-refractivity contribution in [2.45, 2.75) is 38.8 Å². The number of nitrogens with zero attached hydrogens (tertiary/aromatic N) is 2. The fraction of sp³-hybridized carbons (Fsp3) is 0.259. The van der Waals surface area contributed by atoms with Crippen molar-refractivity contribution in [1.82, 2.24) is 0 Å². The zero-order chi connectivity index (χ0) is 19.8. The third-order valence-electron chi connectivity index (χ3n) is 6.05. The molecule has 4 aliphatic rings. The zero-order valence-corrected chi connectivity index (χ0v) is 17.0. The van der Waals surface area contributed by atoms with Crippen molar-refractivity contribution in [3.05, 3.63) is 101 Å². The van der Waals surface area contributed by atoms with Crippen LogP contribution in [0.3, 0.4) is 0 Å². The maximum Gasteiger partial charge on any atom is 0.103 e. The number of allylic oxidation sites excluding steroid dienone is 8. The smallest absolute Gasteiger partial charge is 0.103 e. The van der Waals surface area contributed by atoms with E-state index in [0.717, 1.165) is 24.3 Å². The Morgan fingerprint density at radius 2 is 1.86 bits per heavy atom. The van der Waals surface area contributed by atoms with E-state index < -0.39 is 0 Å². The molecule has 0 N–H and O–H groups in total. The Labute approximate surface area is 173 Å². The standard InChI is InChI=1S/C27H26N2/c1-18-16-24(20-10-6-3-4-7-11-20)22-14-15-23-25(21-12-8-5-9-13-21)17-19(2)29-27(23)26(22)28-18/h3,5-15,17-18,23,27H,4,16H2,1-2H3. The Morgan fingerprint density at radius 1 is 1.00 bits per heavy atom. The van der Waals surface area contributed by atoms with Crippen LogP contribution < -0.4 is 0 Å². The quantitative estimate of drug-likeness (QED) is 0.596. The highest BCUT2D eigenvalue weighted by atomic mass is 14.9. The van der Waals surface area contributed by atoms with Gasteiger partial charge in [-0.05, 0) is 55.0 Å². The highest BCUT2D eigenvalue weighted by Gasteiger charge is 2.37. The summed E-state index contributed by atoms with van der Waals surface area (Å²) in [6.45, 7) is 4.33. The highest BCUT2D eigenvalue weighted by Crippen LogP contribution is 2.41. The minimum Gasteiger partial charge on any atom is -0.283 e. The maximum atomic E-state index is 5.12. The molecule has 3 unspecified atom stereocenters. The van der Waals surface area contributed by atoms with Crippen LogP contribution in [0.5, 0.6) is 0 Å². The fourth-order valence-electron chi connectivity index (χ4n) is 4.76. The first kappa shape index (κ1) is 18.1. The van der Waals surface area contributed by atoms with Gasteiger partial charge in [-0.15, -0.1) is 0 Å². The third-order valence-corrected chi connectivity index (χ3v) is 6.05. The fourth-order valence-corrected chi connectivity index (χ4v) is 4.76. The van der Waals surface area contributed by atoms with Crippen molar-refractivity contribution in [2.24, 2.45) is 15.9 Å². The van der Waals surface area contributed by atoms with Gasteiger partial charge in [0.25, 0.3) is 0 Å². The van der Waals surface area contributed by atoms with Crippen LogP contribution in [-0.2, 0) is 0 Å². The van der Waals surface area contributed by atoms with E-state index in [4.69, 9.17) is 9.98 Å². The van der Waals surface area contributed by atoms with Crippen molar-refractivity contribution in [3.63, 3.8) is 0 Å². The molecule has 0 spiro atoms. The predicted molar refractivity (Wildman–Crippen MR) is 123 cm³/mol. The first-order valence-corrected chi connectivity index (χ1v) is 10.6. The molecule has 5 rings (SSSR count). The maximum absolute atomic E-state index is 5.12. The first-order valence-electron chi connectivity index (χ1n) is 10.6. The van der Waals surface area contributed by atoms with Crippen LogP contribution in [0.25, 0.3) is 5.57 Å². The Balaban J connectivity index is 1.63. The molecule has 2 aliphatic carbocycles. The van der Waals surface area contributed by atoms with E-state index in [0.29, 0.717) is 0 Å². The summed E-state index contributed by atoms with van der Waals surface area (Å²) in [6, 6.07) is 11.0. The molecule has 0 saturated heterocycles. The number of aliphatic imine (C=N–C) groups is 2. The summed E-state index contributed by atoms with van der Waals surface area (Å²) in [5.74, 6) is 0.244. The molecular weight excluding hydrogens is 352 g/mol. The summed E-state index contributed by atoms with van der Waals surface area (Å²) in [4.78, 5) is 10.2. The number of rotatable bonds is 2. The predicted octanol–water partition coefficient (Wildman–Crippen LogP) is 6.07. The van der Waals surface area contributed by atoms with Crippen LogP contribution in [0.15, 0.2) is 106 Å². The van der Waals surface area contributed by atoms with Gasteiger partial charge >= 0.3 is 0 Å². The summed E-state index contributed by atoms with van der Waals surface area (Å²) in [5.41, 5.74) is 8.86. The number of hydrogen-bond donors (Lipinski definition) is 0. The lowest BCUT2D eigenvalue weighted by Gasteiger charge is -2.36. The van der Waals surface area contributed by atoms with Crippen molar-refractivity contribution < 1.29 is 0 Å². The van der Waals surface area contributed by atoms with Gasteiger partial charge in [-0.3, -0.25) is 9.98 Å². The van der Waals surface area contributed by atoms with Crippen LogP contribution in [0.1, 0.15) is 32.3 Å². The first-order chi connectivity index (χ1) is 14.2. The van der Waals surface area contributed by atoms with Crippen LogP contribution in [0.2, 0.25) is 0 Å². The van der Waals surface area contributed by atoms with Crippen molar-refractivity contribution in [3.8, 4) is 0 Å². The molecule has 0 fully saturated rings. The second kappa shape index (κ2) is 7.44. The van der Waals surface area contributed by atoms with Gasteiger partial charge in [-0.2, -0.15) is 0 Å². The molecule has 1 aromatic carbocycles. The molecule has 3 atom stereocenters. The van der Waals surface area contributed by atoms with E-state index in [1.54, 1.807) is 0 Å². The lowest BCUT2D eigenvalue weighted by Crippen LogP contribution is -2.38. The Kier molecular flexibility index (Phi) is 4.63. The molecule has 0 aromatic heterocycles. The molecule has 2 heteroatoms. The highest BCUT2D eigenvalue weighted by molar-refractivity contribution is 6.14. The Bertz CT molecular complexity index is 1070.